The van der Waals surface area contributed by atoms with Gasteiger partial charge in [0.2, 0.25) is 0 Å². The molecule has 0 aliphatic heterocycles. The first kappa shape index (κ1) is 15.4. The minimum absolute atomic E-state index is 0.144. The molecule has 0 saturated carbocycles. The summed E-state index contributed by atoms with van der Waals surface area (Å²) in [7, 11) is 1.46. The Morgan fingerprint density at radius 2 is 2.16 bits per heavy atom. The van der Waals surface area contributed by atoms with Crippen molar-refractivity contribution in [1.82, 2.24) is 5.43 Å². The van der Waals surface area contributed by atoms with Gasteiger partial charge in [-0.15, -0.1) is 0 Å². The maximum atomic E-state index is 11.7. The molecule has 0 heterocycles. The average molecular weight is 269 g/mol. The lowest BCUT2D eigenvalue weighted by atomic mass is 9.96. The number of aliphatic hydroxyl groups is 2. The molecule has 0 bridgehead atoms. The van der Waals surface area contributed by atoms with Crippen LogP contribution in [0, 0.1) is 0 Å². The highest BCUT2D eigenvalue weighted by Crippen LogP contribution is 2.26. The summed E-state index contributed by atoms with van der Waals surface area (Å²) in [5.74, 6) is 4.97. The van der Waals surface area contributed by atoms with E-state index in [0.717, 1.165) is 0 Å². The van der Waals surface area contributed by atoms with Crippen LogP contribution in [0.2, 0.25) is 0 Å². The van der Waals surface area contributed by atoms with E-state index in [1.54, 1.807) is 6.07 Å². The van der Waals surface area contributed by atoms with E-state index in [1.165, 1.54) is 19.2 Å². The number of aliphatic hydroxyl groups excluding tert-OH is 2. The average Bonchev–Trinajstić information content (AvgIpc) is 2.45. The molecule has 0 spiro atoms. The van der Waals surface area contributed by atoms with E-state index < -0.39 is 18.1 Å². The van der Waals surface area contributed by atoms with Crippen molar-refractivity contribution in [2.45, 2.75) is 18.6 Å². The second-order valence-corrected chi connectivity index (χ2v) is 4.02. The highest BCUT2D eigenvalue weighted by atomic mass is 16.5. The van der Waals surface area contributed by atoms with Gasteiger partial charge >= 0.3 is 0 Å². The zero-order chi connectivity index (χ0) is 14.4. The molecule has 1 rings (SSSR count). The number of ether oxygens (including phenoxy) is 1. The molecule has 0 fully saturated rings. The largest absolute Gasteiger partial charge is 0.497 e. The zero-order valence-corrected chi connectivity index (χ0v) is 10.7. The molecule has 7 heteroatoms. The summed E-state index contributed by atoms with van der Waals surface area (Å²) in [5, 5.41) is 19.8. The van der Waals surface area contributed by atoms with Crippen LogP contribution in [0.25, 0.3) is 0 Å². The van der Waals surface area contributed by atoms with Crippen LogP contribution in [0.4, 0.5) is 0 Å². The van der Waals surface area contributed by atoms with Gasteiger partial charge in [0, 0.05) is 0 Å². The third-order valence-corrected chi connectivity index (χ3v) is 2.78. The lowest BCUT2D eigenvalue weighted by Gasteiger charge is -2.20. The minimum Gasteiger partial charge on any atom is -0.497 e. The topological polar surface area (TPSA) is 131 Å². The van der Waals surface area contributed by atoms with Gasteiger partial charge < -0.3 is 20.7 Å². The van der Waals surface area contributed by atoms with E-state index in [4.69, 9.17) is 16.3 Å². The van der Waals surface area contributed by atoms with Crippen molar-refractivity contribution in [3.8, 4) is 5.75 Å². The second-order valence-electron chi connectivity index (χ2n) is 4.02. The van der Waals surface area contributed by atoms with Crippen LogP contribution in [-0.4, -0.2) is 35.9 Å². The molecular weight excluding hydrogens is 250 g/mol. The molecule has 0 aliphatic rings. The van der Waals surface area contributed by atoms with E-state index in [0.29, 0.717) is 5.75 Å². The number of nitrogens with two attached hydrogens (primary N) is 2. The normalized spacial score (nSPS) is 13.7. The minimum atomic E-state index is -1.22. The Hall–Kier alpha value is -1.67. The number of nitrogen functional groups attached to an aromatic ring is 1. The number of hydrogen-bond acceptors (Lipinski definition) is 6. The van der Waals surface area contributed by atoms with Crippen LogP contribution in [0.5, 0.6) is 5.75 Å². The monoisotopic (exact) mass is 269 g/mol. The molecule has 1 amide bonds. The third-order valence-electron chi connectivity index (χ3n) is 2.78. The van der Waals surface area contributed by atoms with Gasteiger partial charge in [-0.25, -0.2) is 5.84 Å². The van der Waals surface area contributed by atoms with Gasteiger partial charge in [-0.1, -0.05) is 6.07 Å². The summed E-state index contributed by atoms with van der Waals surface area (Å²) in [6, 6.07) is 4.53. The van der Waals surface area contributed by atoms with Crippen molar-refractivity contribution in [3.63, 3.8) is 0 Å². The number of methoxy groups -OCH3 is 1. The number of carbonyl (C=O) groups excluding carboxylic acids is 1. The van der Waals surface area contributed by atoms with Crippen molar-refractivity contribution in [3.05, 3.63) is 29.3 Å². The van der Waals surface area contributed by atoms with Gasteiger partial charge in [-0.3, -0.25) is 10.2 Å². The van der Waals surface area contributed by atoms with Crippen LogP contribution in [0.1, 0.15) is 28.4 Å². The molecular formula is C12H19N3O4. The summed E-state index contributed by atoms with van der Waals surface area (Å²) < 4.78 is 5.01. The lowest BCUT2D eigenvalue weighted by Crippen LogP contribution is -2.32. The van der Waals surface area contributed by atoms with Crippen LogP contribution < -0.4 is 21.7 Å². The number of hydrogen-bond donors (Lipinski definition) is 5. The Morgan fingerprint density at radius 1 is 1.47 bits per heavy atom. The maximum Gasteiger partial charge on any atom is 0.265 e. The van der Waals surface area contributed by atoms with Crippen LogP contribution in [-0.2, 0) is 0 Å². The molecule has 0 aliphatic carbocycles. The van der Waals surface area contributed by atoms with Gasteiger partial charge in [-0.2, -0.15) is 0 Å². The van der Waals surface area contributed by atoms with E-state index in [2.05, 4.69) is 0 Å². The van der Waals surface area contributed by atoms with Gasteiger partial charge in [0.25, 0.3) is 5.91 Å². The first-order valence-electron chi connectivity index (χ1n) is 5.80. The standard InChI is InChI=1S/C12H19N3O4/c1-19-7-2-3-8(9(6-7)12(18)15-14)11(17)10(16)4-5-13/h2-3,6,10-11,16-17H,4-5,13-14H2,1H3,(H,15,18). The molecule has 19 heavy (non-hydrogen) atoms. The van der Waals surface area contributed by atoms with Crippen LogP contribution >= 0.6 is 0 Å². The van der Waals surface area contributed by atoms with Crippen LogP contribution in [0.3, 0.4) is 0 Å². The van der Waals surface area contributed by atoms with Crippen molar-refractivity contribution in [2.24, 2.45) is 11.6 Å². The van der Waals surface area contributed by atoms with E-state index in [9.17, 15) is 15.0 Å². The smallest absolute Gasteiger partial charge is 0.265 e. The highest BCUT2D eigenvalue weighted by Gasteiger charge is 2.23. The predicted octanol–water partition coefficient (Wildman–Crippen LogP) is -0.958. The van der Waals surface area contributed by atoms with Gasteiger partial charge in [0.05, 0.1) is 18.8 Å². The van der Waals surface area contributed by atoms with Gasteiger partial charge in [0.15, 0.2) is 0 Å². The fourth-order valence-electron chi connectivity index (χ4n) is 1.73. The number of nitrogens with one attached hydrogen (secondary N) is 1. The van der Waals surface area contributed by atoms with Gasteiger partial charge in [-0.05, 0) is 30.7 Å². The molecule has 0 aromatic heterocycles. The van der Waals surface area contributed by atoms with E-state index >= 15 is 0 Å². The van der Waals surface area contributed by atoms with Crippen molar-refractivity contribution in [1.29, 1.82) is 0 Å². The van der Waals surface area contributed by atoms with Crippen molar-refractivity contribution < 1.29 is 19.7 Å². The molecule has 0 radical (unpaired) electrons. The van der Waals surface area contributed by atoms with E-state index in [1.807, 2.05) is 5.43 Å². The predicted molar refractivity (Wildman–Crippen MR) is 69.3 cm³/mol. The summed E-state index contributed by atoms with van der Waals surface area (Å²) in [6.07, 6.45) is -2.05. The maximum absolute atomic E-state index is 11.7. The molecule has 7 nitrogen and oxygen atoms in total. The zero-order valence-electron chi connectivity index (χ0n) is 10.7. The molecule has 1 aromatic carbocycles. The third kappa shape index (κ3) is 3.65. The fourth-order valence-corrected chi connectivity index (χ4v) is 1.73. The van der Waals surface area contributed by atoms with Crippen molar-refractivity contribution >= 4 is 5.91 Å². The Morgan fingerprint density at radius 3 is 2.68 bits per heavy atom. The Bertz CT molecular complexity index is 439. The van der Waals surface area contributed by atoms with Crippen LogP contribution in [0.15, 0.2) is 18.2 Å². The summed E-state index contributed by atoms with van der Waals surface area (Å²) >= 11 is 0. The van der Waals surface area contributed by atoms with Crippen molar-refractivity contribution in [2.75, 3.05) is 13.7 Å². The molecule has 7 N–H and O–H groups in total. The summed E-state index contributed by atoms with van der Waals surface area (Å²) in [5.41, 5.74) is 7.72. The molecule has 0 saturated heterocycles. The molecule has 2 atom stereocenters. The molecule has 106 valence electrons. The Kier molecular flexibility index (Phi) is 5.71. The fraction of sp³-hybridized carbons (Fsp3) is 0.417. The number of carbonyl (C=O) groups is 1. The Labute approximate surface area is 111 Å². The number of benzene rings is 1. The number of rotatable bonds is 6. The lowest BCUT2D eigenvalue weighted by molar-refractivity contribution is 0.0145. The number of hydrazine groups is 1. The highest BCUT2D eigenvalue weighted by molar-refractivity contribution is 5.95. The van der Waals surface area contributed by atoms with Gasteiger partial charge in [0.1, 0.15) is 11.9 Å². The summed E-state index contributed by atoms with van der Waals surface area (Å²) in [4.78, 5) is 11.7. The Balaban J connectivity index is 3.14. The second kappa shape index (κ2) is 7.05. The summed E-state index contributed by atoms with van der Waals surface area (Å²) in [6.45, 7) is 0.229. The quantitative estimate of drug-likeness (QED) is 0.257. The number of amides is 1. The first-order chi connectivity index (χ1) is 9.04. The molecule has 1 aromatic rings. The first-order valence-corrected chi connectivity index (χ1v) is 5.80. The van der Waals surface area contributed by atoms with E-state index in [-0.39, 0.29) is 24.1 Å². The SMILES string of the molecule is COc1ccc(C(O)C(O)CCN)c(C(=O)NN)c1. The molecule has 2 unspecified atom stereocenters.